The van der Waals surface area contributed by atoms with Gasteiger partial charge in [0.05, 0.1) is 8.07 Å². The Balaban J connectivity index is 2.45. The highest BCUT2D eigenvalue weighted by atomic mass is 28.3. The first-order valence-corrected chi connectivity index (χ1v) is 11.7. The van der Waals surface area contributed by atoms with Crippen LogP contribution in [0.1, 0.15) is 54.4 Å². The SMILES string of the molecule is CCC1=C(C)C([Si](C)(C)C2C(C)=CC(CC)=C2C)C(C)=C1. The van der Waals surface area contributed by atoms with Gasteiger partial charge in [-0.05, 0) is 62.8 Å². The van der Waals surface area contributed by atoms with Crippen molar-refractivity contribution in [1.82, 2.24) is 0 Å². The van der Waals surface area contributed by atoms with Crippen LogP contribution >= 0.6 is 0 Å². The number of hydrogen-bond acceptors (Lipinski definition) is 0. The fraction of sp³-hybridized carbons (Fsp3) is 0.600. The van der Waals surface area contributed by atoms with Gasteiger partial charge in [0, 0.05) is 0 Å². The van der Waals surface area contributed by atoms with Crippen molar-refractivity contribution in [2.24, 2.45) is 0 Å². The Bertz CT molecular complexity index is 517. The van der Waals surface area contributed by atoms with Gasteiger partial charge in [0.15, 0.2) is 0 Å². The second-order valence-corrected chi connectivity index (χ2v) is 12.4. The topological polar surface area (TPSA) is 0 Å². The van der Waals surface area contributed by atoms with Crippen LogP contribution in [0, 0.1) is 0 Å². The minimum Gasteiger partial charge on any atom is -0.0686 e. The van der Waals surface area contributed by atoms with E-state index in [1.807, 2.05) is 0 Å². The molecule has 0 saturated carbocycles. The van der Waals surface area contributed by atoms with E-state index in [-0.39, 0.29) is 0 Å². The summed E-state index contributed by atoms with van der Waals surface area (Å²) in [7, 11) is -1.46. The molecule has 1 heteroatoms. The summed E-state index contributed by atoms with van der Waals surface area (Å²) in [5.74, 6) is 0. The summed E-state index contributed by atoms with van der Waals surface area (Å²) in [5.41, 5.74) is 11.2. The Hall–Kier alpha value is -0.823. The molecule has 0 aromatic heterocycles. The second-order valence-electron chi connectivity index (χ2n) is 7.59. The molecule has 116 valence electrons. The minimum atomic E-state index is -1.46. The highest BCUT2D eigenvalue weighted by Crippen LogP contribution is 2.54. The molecule has 0 nitrogen and oxygen atoms in total. The van der Waals surface area contributed by atoms with Crippen LogP contribution in [-0.2, 0) is 0 Å². The smallest absolute Gasteiger partial charge is 0.0686 e. The lowest BCUT2D eigenvalue weighted by Gasteiger charge is -2.40. The predicted octanol–water partition coefficient (Wildman–Crippen LogP) is 6.81. The van der Waals surface area contributed by atoms with Crippen LogP contribution in [0.25, 0.3) is 0 Å². The zero-order chi connectivity index (χ0) is 15.9. The van der Waals surface area contributed by atoms with E-state index in [2.05, 4.69) is 66.8 Å². The van der Waals surface area contributed by atoms with Crippen molar-refractivity contribution in [2.75, 3.05) is 0 Å². The molecule has 0 saturated heterocycles. The van der Waals surface area contributed by atoms with Gasteiger partial charge in [0.1, 0.15) is 0 Å². The first-order chi connectivity index (χ1) is 9.75. The largest absolute Gasteiger partial charge is 0.0713 e. The Labute approximate surface area is 132 Å². The van der Waals surface area contributed by atoms with Crippen LogP contribution in [0.15, 0.2) is 45.6 Å². The predicted molar refractivity (Wildman–Crippen MR) is 98.5 cm³/mol. The third kappa shape index (κ3) is 2.54. The first kappa shape index (κ1) is 16.5. The molecule has 0 aromatic rings. The van der Waals surface area contributed by atoms with E-state index in [4.69, 9.17) is 0 Å². The molecule has 2 unspecified atom stereocenters. The average molecular weight is 301 g/mol. The maximum atomic E-state index is 2.61. The molecular weight excluding hydrogens is 268 g/mol. The van der Waals surface area contributed by atoms with Gasteiger partial charge in [0.2, 0.25) is 0 Å². The van der Waals surface area contributed by atoms with Crippen molar-refractivity contribution in [2.45, 2.75) is 78.6 Å². The third-order valence-corrected chi connectivity index (χ3v) is 10.6. The second kappa shape index (κ2) is 5.76. The molecule has 2 aliphatic rings. The Morgan fingerprint density at radius 3 is 1.33 bits per heavy atom. The molecule has 0 radical (unpaired) electrons. The van der Waals surface area contributed by atoms with Crippen LogP contribution in [0.3, 0.4) is 0 Å². The molecule has 0 amide bonds. The fourth-order valence-corrected chi connectivity index (χ4v) is 10.7. The van der Waals surface area contributed by atoms with Gasteiger partial charge >= 0.3 is 0 Å². The van der Waals surface area contributed by atoms with Gasteiger partial charge in [-0.3, -0.25) is 0 Å². The quantitative estimate of drug-likeness (QED) is 0.500. The Morgan fingerprint density at radius 1 is 0.762 bits per heavy atom. The molecule has 0 aromatic carbocycles. The lowest BCUT2D eigenvalue weighted by Crippen LogP contribution is -2.39. The van der Waals surface area contributed by atoms with Gasteiger partial charge in [0.25, 0.3) is 0 Å². The van der Waals surface area contributed by atoms with Crippen molar-refractivity contribution >= 4 is 8.07 Å². The molecule has 2 rings (SSSR count). The van der Waals surface area contributed by atoms with Gasteiger partial charge < -0.3 is 0 Å². The van der Waals surface area contributed by atoms with Gasteiger partial charge in [-0.2, -0.15) is 0 Å². The molecule has 21 heavy (non-hydrogen) atoms. The lowest BCUT2D eigenvalue weighted by molar-refractivity contribution is 0.967. The molecular formula is C20H32Si. The van der Waals surface area contributed by atoms with Crippen molar-refractivity contribution in [3.8, 4) is 0 Å². The fourth-order valence-electron chi connectivity index (χ4n) is 5.22. The minimum absolute atomic E-state index is 0.729. The monoisotopic (exact) mass is 300 g/mol. The van der Waals surface area contributed by atoms with E-state index >= 15 is 0 Å². The van der Waals surface area contributed by atoms with Gasteiger partial charge in [-0.1, -0.05) is 61.4 Å². The number of allylic oxidation sites excluding steroid dienone is 8. The van der Waals surface area contributed by atoms with E-state index in [1.54, 1.807) is 33.4 Å². The maximum Gasteiger partial charge on any atom is 0.0713 e. The third-order valence-electron chi connectivity index (χ3n) is 5.84. The molecule has 2 aliphatic carbocycles. The van der Waals surface area contributed by atoms with E-state index < -0.39 is 8.07 Å². The normalized spacial score (nSPS) is 26.7. The summed E-state index contributed by atoms with van der Waals surface area (Å²) in [4.78, 5) is 0. The maximum absolute atomic E-state index is 2.61. The summed E-state index contributed by atoms with van der Waals surface area (Å²) in [5, 5.41) is 0. The highest BCUT2D eigenvalue weighted by Gasteiger charge is 2.45. The van der Waals surface area contributed by atoms with Crippen LogP contribution in [0.4, 0.5) is 0 Å². The molecule has 0 spiro atoms. The van der Waals surface area contributed by atoms with E-state index in [9.17, 15) is 0 Å². The van der Waals surface area contributed by atoms with Crippen molar-refractivity contribution in [3.05, 3.63) is 45.6 Å². The summed E-state index contributed by atoms with van der Waals surface area (Å²) < 4.78 is 0. The first-order valence-electron chi connectivity index (χ1n) is 8.51. The zero-order valence-corrected chi connectivity index (χ0v) is 16.2. The number of rotatable bonds is 4. The molecule has 0 aliphatic heterocycles. The van der Waals surface area contributed by atoms with Crippen LogP contribution < -0.4 is 0 Å². The summed E-state index contributed by atoms with van der Waals surface area (Å²) >= 11 is 0. The summed E-state index contributed by atoms with van der Waals surface area (Å²) in [6.07, 6.45) is 7.31. The Morgan fingerprint density at radius 2 is 1.10 bits per heavy atom. The van der Waals surface area contributed by atoms with Gasteiger partial charge in [-0.25, -0.2) is 0 Å². The highest BCUT2D eigenvalue weighted by molar-refractivity contribution is 6.82. The van der Waals surface area contributed by atoms with Crippen LogP contribution in [0.2, 0.25) is 24.2 Å². The van der Waals surface area contributed by atoms with Crippen molar-refractivity contribution < 1.29 is 0 Å². The van der Waals surface area contributed by atoms with E-state index in [1.165, 1.54) is 12.8 Å². The molecule has 0 heterocycles. The summed E-state index contributed by atoms with van der Waals surface area (Å²) in [6.45, 7) is 19.3. The average Bonchev–Trinajstić information content (AvgIpc) is 2.86. The molecule has 2 atom stereocenters. The summed E-state index contributed by atoms with van der Waals surface area (Å²) in [6, 6.07) is 0. The van der Waals surface area contributed by atoms with Crippen molar-refractivity contribution in [1.29, 1.82) is 0 Å². The van der Waals surface area contributed by atoms with E-state index in [0.717, 1.165) is 11.1 Å². The van der Waals surface area contributed by atoms with Crippen LogP contribution in [0.5, 0.6) is 0 Å². The lowest BCUT2D eigenvalue weighted by atomic mass is 10.1. The number of hydrogen-bond donors (Lipinski definition) is 0. The van der Waals surface area contributed by atoms with Crippen molar-refractivity contribution in [3.63, 3.8) is 0 Å². The molecule has 0 fully saturated rings. The Kier molecular flexibility index (Phi) is 4.54. The van der Waals surface area contributed by atoms with E-state index in [0.29, 0.717) is 0 Å². The van der Waals surface area contributed by atoms with Gasteiger partial charge in [-0.15, -0.1) is 0 Å². The molecule has 0 bridgehead atoms. The zero-order valence-electron chi connectivity index (χ0n) is 15.2. The molecule has 0 N–H and O–H groups in total. The standard InChI is InChI=1S/C20H32Si/c1-9-17-11-13(3)19(15(17)5)21(7,8)20-14(4)12-18(10-2)16(20)6/h11-12,19-20H,9-10H2,1-8H3. The van der Waals surface area contributed by atoms with Crippen LogP contribution in [-0.4, -0.2) is 8.07 Å².